The maximum Gasteiger partial charge on any atom is 0.573 e. The summed E-state index contributed by atoms with van der Waals surface area (Å²) in [5.74, 6) is -0.969. The molecule has 2 rings (SSSR count). The van der Waals surface area contributed by atoms with Crippen LogP contribution in [0.25, 0.3) is 0 Å². The highest BCUT2D eigenvalue weighted by molar-refractivity contribution is 5.90. The molecule has 0 saturated heterocycles. The van der Waals surface area contributed by atoms with E-state index < -0.39 is 24.0 Å². The van der Waals surface area contributed by atoms with Gasteiger partial charge in [0.05, 0.1) is 5.69 Å². The van der Waals surface area contributed by atoms with E-state index in [-0.39, 0.29) is 12.2 Å². The lowest BCUT2D eigenvalue weighted by molar-refractivity contribution is -0.274. The van der Waals surface area contributed by atoms with Crippen LogP contribution in [-0.2, 0) is 6.54 Å². The molecular formula is C16H14F4N2O2. The molecule has 8 heteroatoms. The summed E-state index contributed by atoms with van der Waals surface area (Å²) in [6.07, 6.45) is -4.87. The molecule has 0 radical (unpaired) electrons. The normalized spacial score (nSPS) is 11.0. The van der Waals surface area contributed by atoms with Gasteiger partial charge in [-0.3, -0.25) is 0 Å². The average molecular weight is 342 g/mol. The van der Waals surface area contributed by atoms with Gasteiger partial charge in [0, 0.05) is 6.54 Å². The molecule has 0 spiro atoms. The number of ether oxygens (including phenoxy) is 1. The minimum absolute atomic E-state index is 0.0255. The van der Waals surface area contributed by atoms with E-state index in [9.17, 15) is 22.4 Å². The Balaban J connectivity index is 2.01. The van der Waals surface area contributed by atoms with Crippen LogP contribution >= 0.6 is 0 Å². The van der Waals surface area contributed by atoms with E-state index in [0.29, 0.717) is 5.56 Å². The first-order valence-corrected chi connectivity index (χ1v) is 6.89. The zero-order valence-electron chi connectivity index (χ0n) is 12.6. The van der Waals surface area contributed by atoms with Gasteiger partial charge < -0.3 is 15.4 Å². The number of hydrogen-bond acceptors (Lipinski definition) is 2. The summed E-state index contributed by atoms with van der Waals surface area (Å²) in [4.78, 5) is 11.8. The smallest absolute Gasteiger partial charge is 0.404 e. The molecule has 2 aromatic carbocycles. The van der Waals surface area contributed by atoms with Crippen molar-refractivity contribution >= 4 is 11.7 Å². The average Bonchev–Trinajstić information content (AvgIpc) is 2.49. The minimum Gasteiger partial charge on any atom is -0.404 e. The Morgan fingerprint density at radius 1 is 1.17 bits per heavy atom. The van der Waals surface area contributed by atoms with Crippen LogP contribution in [0.3, 0.4) is 0 Å². The summed E-state index contributed by atoms with van der Waals surface area (Å²) >= 11 is 0. The topological polar surface area (TPSA) is 50.4 Å². The molecule has 128 valence electrons. The molecule has 4 nitrogen and oxygen atoms in total. The van der Waals surface area contributed by atoms with Crippen LogP contribution in [0, 0.1) is 12.7 Å². The number of nitrogens with one attached hydrogen (secondary N) is 2. The molecule has 0 aliphatic heterocycles. The Morgan fingerprint density at radius 2 is 1.88 bits per heavy atom. The number of para-hydroxylation sites is 2. The van der Waals surface area contributed by atoms with Crippen molar-refractivity contribution in [3.05, 3.63) is 59.4 Å². The third-order valence-corrected chi connectivity index (χ3v) is 3.11. The predicted molar refractivity (Wildman–Crippen MR) is 80.1 cm³/mol. The molecule has 0 heterocycles. The van der Waals surface area contributed by atoms with E-state index in [1.165, 1.54) is 30.3 Å². The van der Waals surface area contributed by atoms with Crippen LogP contribution < -0.4 is 15.4 Å². The summed E-state index contributed by atoms with van der Waals surface area (Å²) < 4.78 is 54.0. The monoisotopic (exact) mass is 342 g/mol. The molecule has 2 N–H and O–H groups in total. The highest BCUT2D eigenvalue weighted by Crippen LogP contribution is 2.29. The first-order valence-electron chi connectivity index (χ1n) is 6.89. The van der Waals surface area contributed by atoms with E-state index in [1.54, 1.807) is 13.0 Å². The Hall–Kier alpha value is -2.77. The van der Waals surface area contributed by atoms with Gasteiger partial charge in [-0.1, -0.05) is 18.2 Å². The van der Waals surface area contributed by atoms with Gasteiger partial charge in [0.2, 0.25) is 0 Å². The lowest BCUT2D eigenvalue weighted by Crippen LogP contribution is -2.29. The summed E-state index contributed by atoms with van der Waals surface area (Å²) in [5, 5.41) is 4.72. The number of anilines is 1. The predicted octanol–water partition coefficient (Wildman–Crippen LogP) is 4.35. The quantitative estimate of drug-likeness (QED) is 0.812. The lowest BCUT2D eigenvalue weighted by Gasteiger charge is -2.14. The van der Waals surface area contributed by atoms with Gasteiger partial charge in [0.1, 0.15) is 5.82 Å². The molecule has 0 aromatic heterocycles. The number of halogens is 4. The van der Waals surface area contributed by atoms with E-state index in [4.69, 9.17) is 0 Å². The second-order valence-electron chi connectivity index (χ2n) is 4.92. The van der Waals surface area contributed by atoms with Gasteiger partial charge in [-0.2, -0.15) is 0 Å². The zero-order valence-corrected chi connectivity index (χ0v) is 12.6. The number of aryl methyl sites for hydroxylation is 1. The number of alkyl halides is 3. The van der Waals surface area contributed by atoms with Crippen molar-refractivity contribution < 1.29 is 27.1 Å². The van der Waals surface area contributed by atoms with Crippen molar-refractivity contribution in [2.45, 2.75) is 19.8 Å². The molecule has 0 saturated carbocycles. The van der Waals surface area contributed by atoms with Crippen LogP contribution in [0.1, 0.15) is 11.1 Å². The highest BCUT2D eigenvalue weighted by atomic mass is 19.4. The number of rotatable bonds is 4. The first kappa shape index (κ1) is 17.6. The number of carbonyl (C=O) groups excluding carboxylic acids is 1. The first-order chi connectivity index (χ1) is 11.2. The minimum atomic E-state index is -4.87. The fraction of sp³-hybridized carbons (Fsp3) is 0.188. The number of hydrogen-bond donors (Lipinski definition) is 2. The fourth-order valence-corrected chi connectivity index (χ4v) is 1.96. The number of amides is 2. The maximum absolute atomic E-state index is 13.2. The maximum atomic E-state index is 13.2. The van der Waals surface area contributed by atoms with Gasteiger partial charge in [-0.05, 0) is 42.3 Å². The molecular weight excluding hydrogens is 328 g/mol. The van der Waals surface area contributed by atoms with Crippen LogP contribution in [-0.4, -0.2) is 12.4 Å². The van der Waals surface area contributed by atoms with Crippen molar-refractivity contribution in [2.75, 3.05) is 5.32 Å². The largest absolute Gasteiger partial charge is 0.573 e. The Labute approximate surface area is 135 Å². The standard InChI is InChI=1S/C16H14F4N2O2/c1-10-6-7-12(17)8-11(10)9-21-15(23)22-13-4-2-3-5-14(13)24-16(18,19)20/h2-8H,9H2,1H3,(H2,21,22,23). The number of urea groups is 1. The Bertz CT molecular complexity index is 732. The van der Waals surface area contributed by atoms with E-state index >= 15 is 0 Å². The SMILES string of the molecule is Cc1ccc(F)cc1CNC(=O)Nc1ccccc1OC(F)(F)F. The lowest BCUT2D eigenvalue weighted by atomic mass is 10.1. The molecule has 0 bridgehead atoms. The molecule has 0 aliphatic carbocycles. The van der Waals surface area contributed by atoms with Gasteiger partial charge in [0.25, 0.3) is 0 Å². The van der Waals surface area contributed by atoms with Gasteiger partial charge in [-0.25, -0.2) is 9.18 Å². The summed E-state index contributed by atoms with van der Waals surface area (Å²) in [6.45, 7) is 1.78. The molecule has 2 aromatic rings. The van der Waals surface area contributed by atoms with Gasteiger partial charge in [0.15, 0.2) is 5.75 Å². The van der Waals surface area contributed by atoms with Gasteiger partial charge >= 0.3 is 12.4 Å². The summed E-state index contributed by atoms with van der Waals surface area (Å²) in [7, 11) is 0. The fourth-order valence-electron chi connectivity index (χ4n) is 1.96. The van der Waals surface area contributed by atoms with Crippen molar-refractivity contribution in [1.29, 1.82) is 0 Å². The Kier molecular flexibility index (Phi) is 5.28. The van der Waals surface area contributed by atoms with E-state index in [1.807, 2.05) is 0 Å². The van der Waals surface area contributed by atoms with Crippen LogP contribution in [0.4, 0.5) is 28.0 Å². The third kappa shape index (κ3) is 5.15. The highest BCUT2D eigenvalue weighted by Gasteiger charge is 2.32. The molecule has 2 amide bonds. The van der Waals surface area contributed by atoms with Crippen LogP contribution in [0.5, 0.6) is 5.75 Å². The molecule has 0 atom stereocenters. The van der Waals surface area contributed by atoms with E-state index in [2.05, 4.69) is 15.4 Å². The van der Waals surface area contributed by atoms with Gasteiger partial charge in [-0.15, -0.1) is 13.2 Å². The van der Waals surface area contributed by atoms with Crippen LogP contribution in [0.2, 0.25) is 0 Å². The molecule has 0 unspecified atom stereocenters. The second kappa shape index (κ2) is 7.20. The number of benzene rings is 2. The number of carbonyl (C=O) groups is 1. The summed E-state index contributed by atoms with van der Waals surface area (Å²) in [5.41, 5.74) is 1.20. The zero-order chi connectivity index (χ0) is 17.7. The van der Waals surface area contributed by atoms with Crippen LogP contribution in [0.15, 0.2) is 42.5 Å². The van der Waals surface area contributed by atoms with Crippen molar-refractivity contribution in [3.8, 4) is 5.75 Å². The molecule has 24 heavy (non-hydrogen) atoms. The van der Waals surface area contributed by atoms with Crippen molar-refractivity contribution in [3.63, 3.8) is 0 Å². The molecule has 0 fully saturated rings. The van der Waals surface area contributed by atoms with E-state index in [0.717, 1.165) is 11.6 Å². The van der Waals surface area contributed by atoms with Crippen molar-refractivity contribution in [1.82, 2.24) is 5.32 Å². The second-order valence-corrected chi connectivity index (χ2v) is 4.92. The van der Waals surface area contributed by atoms with Crippen molar-refractivity contribution in [2.24, 2.45) is 0 Å². The third-order valence-electron chi connectivity index (χ3n) is 3.11. The molecule has 0 aliphatic rings. The summed E-state index contributed by atoms with van der Waals surface area (Å²) in [6, 6.07) is 8.55. The Morgan fingerprint density at radius 3 is 2.58 bits per heavy atom.